The second-order valence-electron chi connectivity index (χ2n) is 4.53. The fourth-order valence-electron chi connectivity index (χ4n) is 2.02. The molecule has 2 amide bonds. The molecule has 1 N–H and O–H groups in total. The van der Waals surface area contributed by atoms with E-state index in [0.717, 1.165) is 16.0 Å². The van der Waals surface area contributed by atoms with Crippen LogP contribution in [0.15, 0.2) is 36.6 Å². The Balaban J connectivity index is 2.49. The molecule has 0 aromatic heterocycles. The first-order valence-electron chi connectivity index (χ1n) is 5.95. The van der Waals surface area contributed by atoms with Crippen molar-refractivity contribution in [3.05, 3.63) is 53.3 Å². The van der Waals surface area contributed by atoms with Crippen molar-refractivity contribution in [2.45, 2.75) is 13.8 Å². The van der Waals surface area contributed by atoms with Crippen LogP contribution < -0.4 is 0 Å². The van der Waals surface area contributed by atoms with Gasteiger partial charge in [0.05, 0.1) is 5.57 Å². The van der Waals surface area contributed by atoms with Gasteiger partial charge in [-0.15, -0.1) is 6.58 Å². The molecule has 1 aromatic rings. The number of amides is 2. The number of carbonyl (C=O) groups excluding carboxylic acids is 2. The first-order valence-corrected chi connectivity index (χ1v) is 5.95. The van der Waals surface area contributed by atoms with Gasteiger partial charge >= 0.3 is 0 Å². The van der Waals surface area contributed by atoms with Crippen LogP contribution in [0.5, 0.6) is 0 Å². The molecule has 1 aromatic carbocycles. The number of aryl methyl sites for hydroxylation is 2. The van der Waals surface area contributed by atoms with Gasteiger partial charge in [0.2, 0.25) is 0 Å². The van der Waals surface area contributed by atoms with Crippen molar-refractivity contribution in [2.24, 2.45) is 0 Å². The molecule has 4 nitrogen and oxygen atoms in total. The van der Waals surface area contributed by atoms with E-state index in [-0.39, 0.29) is 12.1 Å². The molecule has 0 atom stereocenters. The molecule has 0 aliphatic carbocycles. The van der Waals surface area contributed by atoms with E-state index >= 15 is 0 Å². The van der Waals surface area contributed by atoms with Crippen LogP contribution in [0.2, 0.25) is 0 Å². The van der Waals surface area contributed by atoms with Crippen LogP contribution in [-0.4, -0.2) is 28.4 Å². The van der Waals surface area contributed by atoms with E-state index in [9.17, 15) is 14.7 Å². The van der Waals surface area contributed by atoms with Gasteiger partial charge in [0.1, 0.15) is 0 Å². The largest absolute Gasteiger partial charge is 0.502 e. The van der Waals surface area contributed by atoms with Crippen LogP contribution >= 0.6 is 0 Å². The molecule has 1 heterocycles. The average molecular weight is 257 g/mol. The minimum atomic E-state index is -0.668. The van der Waals surface area contributed by atoms with Crippen LogP contribution in [0.4, 0.5) is 0 Å². The molecule has 19 heavy (non-hydrogen) atoms. The maximum Gasteiger partial charge on any atom is 0.296 e. The molecule has 0 bridgehead atoms. The Labute approximate surface area is 111 Å². The van der Waals surface area contributed by atoms with Gasteiger partial charge in [-0.1, -0.05) is 24.3 Å². The lowest BCUT2D eigenvalue weighted by Gasteiger charge is -2.11. The molecule has 2 rings (SSSR count). The Morgan fingerprint density at radius 2 is 1.89 bits per heavy atom. The van der Waals surface area contributed by atoms with Gasteiger partial charge in [-0.2, -0.15) is 0 Å². The number of benzene rings is 1. The SMILES string of the molecule is C=CCN1C(=O)C(O)=C(c2ccc(C)c(C)c2)C1=O. The minimum absolute atomic E-state index is 0.0648. The number of carbonyl (C=O) groups is 2. The zero-order valence-corrected chi connectivity index (χ0v) is 10.9. The molecule has 98 valence electrons. The van der Waals surface area contributed by atoms with E-state index < -0.39 is 17.6 Å². The smallest absolute Gasteiger partial charge is 0.296 e. The maximum atomic E-state index is 12.2. The van der Waals surface area contributed by atoms with Crippen LogP contribution in [0.25, 0.3) is 5.57 Å². The van der Waals surface area contributed by atoms with E-state index in [0.29, 0.717) is 5.56 Å². The van der Waals surface area contributed by atoms with E-state index in [2.05, 4.69) is 6.58 Å². The van der Waals surface area contributed by atoms with Crippen molar-refractivity contribution in [2.75, 3.05) is 6.54 Å². The topological polar surface area (TPSA) is 57.6 Å². The first-order chi connectivity index (χ1) is 8.97. The summed E-state index contributed by atoms with van der Waals surface area (Å²) >= 11 is 0. The molecule has 0 unspecified atom stereocenters. The third-order valence-corrected chi connectivity index (χ3v) is 3.25. The van der Waals surface area contributed by atoms with Gasteiger partial charge in [0, 0.05) is 6.54 Å². The Morgan fingerprint density at radius 3 is 2.47 bits per heavy atom. The lowest BCUT2D eigenvalue weighted by Crippen LogP contribution is -2.31. The fraction of sp³-hybridized carbons (Fsp3) is 0.200. The highest BCUT2D eigenvalue weighted by Crippen LogP contribution is 2.28. The fourth-order valence-corrected chi connectivity index (χ4v) is 2.02. The molecule has 0 saturated heterocycles. The van der Waals surface area contributed by atoms with E-state index in [4.69, 9.17) is 0 Å². The molecular formula is C15H15NO3. The van der Waals surface area contributed by atoms with Gasteiger partial charge in [-0.05, 0) is 30.5 Å². The van der Waals surface area contributed by atoms with Crippen LogP contribution in [0.3, 0.4) is 0 Å². The monoisotopic (exact) mass is 257 g/mol. The summed E-state index contributed by atoms with van der Waals surface area (Å²) in [6.45, 7) is 7.46. The van der Waals surface area contributed by atoms with Gasteiger partial charge in [-0.3, -0.25) is 14.5 Å². The van der Waals surface area contributed by atoms with Crippen LogP contribution in [-0.2, 0) is 9.59 Å². The molecule has 4 heteroatoms. The lowest BCUT2D eigenvalue weighted by molar-refractivity contribution is -0.137. The first kappa shape index (κ1) is 13.1. The Bertz CT molecular complexity index is 614. The number of hydrogen-bond donors (Lipinski definition) is 1. The summed E-state index contributed by atoms with van der Waals surface area (Å²) in [6.07, 6.45) is 1.45. The summed E-state index contributed by atoms with van der Waals surface area (Å²) in [4.78, 5) is 24.9. The second-order valence-corrected chi connectivity index (χ2v) is 4.53. The molecule has 0 saturated carbocycles. The van der Waals surface area contributed by atoms with E-state index in [1.807, 2.05) is 19.9 Å². The van der Waals surface area contributed by atoms with Crippen LogP contribution in [0.1, 0.15) is 16.7 Å². The number of nitrogens with zero attached hydrogens (tertiary/aromatic N) is 1. The van der Waals surface area contributed by atoms with E-state index in [1.54, 1.807) is 12.1 Å². The number of aliphatic hydroxyl groups is 1. The summed E-state index contributed by atoms with van der Waals surface area (Å²) in [5.41, 5.74) is 2.71. The molecule has 1 aliphatic heterocycles. The third-order valence-electron chi connectivity index (χ3n) is 3.25. The van der Waals surface area contributed by atoms with Crippen molar-refractivity contribution in [1.29, 1.82) is 0 Å². The lowest BCUT2D eigenvalue weighted by atomic mass is 10.0. The van der Waals surface area contributed by atoms with Crippen molar-refractivity contribution in [3.63, 3.8) is 0 Å². The van der Waals surface area contributed by atoms with Gasteiger partial charge < -0.3 is 5.11 Å². The molecule has 0 fully saturated rings. The molecule has 0 radical (unpaired) electrons. The predicted molar refractivity (Wildman–Crippen MR) is 72.4 cm³/mol. The van der Waals surface area contributed by atoms with Crippen molar-refractivity contribution in [1.82, 2.24) is 4.90 Å². The number of imide groups is 1. The summed E-state index contributed by atoms with van der Waals surface area (Å²) < 4.78 is 0. The highest BCUT2D eigenvalue weighted by molar-refractivity contribution is 6.34. The minimum Gasteiger partial charge on any atom is -0.502 e. The number of hydrogen-bond acceptors (Lipinski definition) is 3. The Hall–Kier alpha value is -2.36. The van der Waals surface area contributed by atoms with Gasteiger partial charge in [0.25, 0.3) is 11.8 Å². The Kier molecular flexibility index (Phi) is 3.25. The van der Waals surface area contributed by atoms with Crippen molar-refractivity contribution < 1.29 is 14.7 Å². The summed E-state index contributed by atoms with van der Waals surface area (Å²) in [6, 6.07) is 5.39. The quantitative estimate of drug-likeness (QED) is 0.666. The standard InChI is InChI=1S/C15H15NO3/c1-4-7-16-14(18)12(13(17)15(16)19)11-6-5-9(2)10(3)8-11/h4-6,8,17H,1,7H2,2-3H3. The molecule has 0 spiro atoms. The van der Waals surface area contributed by atoms with Crippen molar-refractivity contribution in [3.8, 4) is 0 Å². The summed E-state index contributed by atoms with van der Waals surface area (Å²) in [5, 5.41) is 9.87. The molecular weight excluding hydrogens is 242 g/mol. The number of aliphatic hydroxyl groups excluding tert-OH is 1. The van der Waals surface area contributed by atoms with E-state index in [1.165, 1.54) is 6.08 Å². The van der Waals surface area contributed by atoms with Crippen LogP contribution in [0, 0.1) is 13.8 Å². The summed E-state index contributed by atoms with van der Waals surface area (Å²) in [7, 11) is 0. The zero-order valence-electron chi connectivity index (χ0n) is 10.9. The third kappa shape index (κ3) is 2.05. The molecule has 1 aliphatic rings. The van der Waals surface area contributed by atoms with Gasteiger partial charge in [0.15, 0.2) is 5.76 Å². The Morgan fingerprint density at radius 1 is 1.21 bits per heavy atom. The zero-order chi connectivity index (χ0) is 14.2. The maximum absolute atomic E-state index is 12.2. The second kappa shape index (κ2) is 4.72. The average Bonchev–Trinajstić information content (AvgIpc) is 2.58. The van der Waals surface area contributed by atoms with Crippen molar-refractivity contribution >= 4 is 17.4 Å². The normalized spacial score (nSPS) is 15.4. The van der Waals surface area contributed by atoms with Gasteiger partial charge in [-0.25, -0.2) is 0 Å². The highest BCUT2D eigenvalue weighted by Gasteiger charge is 2.38. The number of rotatable bonds is 3. The summed E-state index contributed by atoms with van der Waals surface area (Å²) in [5.74, 6) is -1.64. The highest BCUT2D eigenvalue weighted by atomic mass is 16.3. The predicted octanol–water partition coefficient (Wildman–Crippen LogP) is 2.13.